The van der Waals surface area contributed by atoms with E-state index >= 15 is 0 Å². The molecule has 10 N–H and O–H groups in total. The van der Waals surface area contributed by atoms with E-state index in [-0.39, 0.29) is 55.9 Å². The lowest BCUT2D eigenvalue weighted by Gasteiger charge is -2.37. The van der Waals surface area contributed by atoms with Crippen LogP contribution in [0.3, 0.4) is 0 Å². The molecule has 0 aromatic carbocycles. The van der Waals surface area contributed by atoms with Gasteiger partial charge in [0.1, 0.15) is 0 Å². The first-order valence-electron chi connectivity index (χ1n) is 20.1. The van der Waals surface area contributed by atoms with Crippen molar-refractivity contribution in [3.8, 4) is 0 Å². The normalized spacial score (nSPS) is 51.0. The van der Waals surface area contributed by atoms with Crippen molar-refractivity contribution < 1.29 is 18.3 Å². The van der Waals surface area contributed by atoms with Crippen molar-refractivity contribution in [3.05, 3.63) is 0 Å². The fourth-order valence-corrected chi connectivity index (χ4v) is 14.2. The number of rotatable bonds is 5. The molecular formula is C35H61N9O4S. The van der Waals surface area contributed by atoms with Gasteiger partial charge in [-0.1, -0.05) is 38.5 Å². The quantitative estimate of drug-likeness (QED) is 0.197. The van der Waals surface area contributed by atoms with Gasteiger partial charge in [-0.05, 0) is 105 Å². The Morgan fingerprint density at radius 2 is 0.796 bits per heavy atom. The Balaban J connectivity index is 1.01. The van der Waals surface area contributed by atoms with Crippen LogP contribution < -0.4 is 47.3 Å². The van der Waals surface area contributed by atoms with Crippen LogP contribution in [0.2, 0.25) is 0 Å². The fraction of sp³-hybridized carbons (Fsp3) is 0.971. The van der Waals surface area contributed by atoms with Crippen LogP contribution in [0.1, 0.15) is 103 Å². The highest BCUT2D eigenvalue weighted by molar-refractivity contribution is 7.90. The molecule has 14 heteroatoms. The zero-order valence-corrected chi connectivity index (χ0v) is 29.7. The van der Waals surface area contributed by atoms with Crippen molar-refractivity contribution in [1.82, 2.24) is 47.3 Å². The molecule has 4 saturated carbocycles. The van der Waals surface area contributed by atoms with Gasteiger partial charge in [-0.25, -0.2) is 13.1 Å². The summed E-state index contributed by atoms with van der Waals surface area (Å²) in [6.07, 6.45) is 18.7. The number of nitrogens with one attached hydrogen (secondary N) is 9. The van der Waals surface area contributed by atoms with Crippen molar-refractivity contribution >= 4 is 16.0 Å². The lowest BCUT2D eigenvalue weighted by molar-refractivity contribution is -0.136. The van der Waals surface area contributed by atoms with Crippen molar-refractivity contribution in [1.29, 1.82) is 0 Å². The summed E-state index contributed by atoms with van der Waals surface area (Å²) in [7, 11) is -3.62. The van der Waals surface area contributed by atoms with Gasteiger partial charge in [-0.15, -0.1) is 0 Å². The molecule has 5 aliphatic heterocycles. The number of aliphatic carboxylic acids is 1. The molecule has 5 saturated heterocycles. The average Bonchev–Trinajstić information content (AvgIpc) is 3.83. The second kappa shape index (κ2) is 13.8. The zero-order chi connectivity index (χ0) is 33.3. The molecule has 8 bridgehead atoms. The summed E-state index contributed by atoms with van der Waals surface area (Å²) in [5.41, 5.74) is 0. The van der Waals surface area contributed by atoms with E-state index in [1.54, 1.807) is 0 Å². The van der Waals surface area contributed by atoms with Crippen molar-refractivity contribution in [2.75, 3.05) is 6.54 Å². The summed E-state index contributed by atoms with van der Waals surface area (Å²) in [5, 5.41) is 41.5. The van der Waals surface area contributed by atoms with Gasteiger partial charge in [-0.2, -0.15) is 0 Å². The van der Waals surface area contributed by atoms with Crippen molar-refractivity contribution in [2.45, 2.75) is 157 Å². The smallest absolute Gasteiger partial charge is 0.304 e. The number of carboxylic acid groups (broad SMARTS) is 1. The maximum atomic E-state index is 13.5. The molecule has 4 aliphatic carbocycles. The molecule has 17 unspecified atom stereocenters. The predicted molar refractivity (Wildman–Crippen MR) is 186 cm³/mol. The number of hydrogen-bond acceptors (Lipinski definition) is 11. The standard InChI is InChI=1S/C35H61N9O4S/c45-27(46)15-16-36-49(47,48)18-13-14-25-26(17-18)35-43-33-24-12-6-5-11-23(24)31(41-33)39-29-20-8-2-1-7-19(20)28(37-29)38-30-21-9-3-4-10-22(21)32(40-30)42-34(25)44-35/h18-26,28-44H,1-17H2,(H,45,46). The Hall–Kier alpha value is -0.940. The molecule has 0 aromatic heterocycles. The third-order valence-corrected chi connectivity index (χ3v) is 16.8. The molecule has 5 heterocycles. The minimum Gasteiger partial charge on any atom is -0.481 e. The molecule has 9 rings (SSSR count). The van der Waals surface area contributed by atoms with Crippen LogP contribution in [0.25, 0.3) is 0 Å². The third-order valence-electron chi connectivity index (χ3n) is 14.9. The highest BCUT2D eigenvalue weighted by atomic mass is 32.2. The summed E-state index contributed by atoms with van der Waals surface area (Å²) >= 11 is 0. The number of sulfonamides is 1. The largest absolute Gasteiger partial charge is 0.481 e. The highest BCUT2D eigenvalue weighted by Crippen LogP contribution is 2.46. The van der Waals surface area contributed by atoms with Crippen LogP contribution in [0, 0.1) is 47.3 Å². The lowest BCUT2D eigenvalue weighted by Crippen LogP contribution is -2.61. The number of hydrogen-bond donors (Lipinski definition) is 10. The second-order valence-electron chi connectivity index (χ2n) is 17.3. The Labute approximate surface area is 292 Å². The van der Waals surface area contributed by atoms with Crippen LogP contribution in [0.15, 0.2) is 0 Å². The van der Waals surface area contributed by atoms with Gasteiger partial charge < -0.3 is 5.11 Å². The van der Waals surface area contributed by atoms with E-state index in [1.165, 1.54) is 77.0 Å². The summed E-state index contributed by atoms with van der Waals surface area (Å²) < 4.78 is 29.6. The van der Waals surface area contributed by atoms with Crippen LogP contribution in [0.5, 0.6) is 0 Å². The van der Waals surface area contributed by atoms with Crippen molar-refractivity contribution in [2.24, 2.45) is 47.3 Å². The van der Waals surface area contributed by atoms with E-state index in [0.29, 0.717) is 66.6 Å². The van der Waals surface area contributed by atoms with Crippen LogP contribution in [0.4, 0.5) is 0 Å². The molecule has 9 fully saturated rings. The minimum atomic E-state index is -3.62. The topological polar surface area (TPSA) is 180 Å². The van der Waals surface area contributed by atoms with Gasteiger partial charge >= 0.3 is 5.97 Å². The molecule has 9 aliphatic rings. The fourth-order valence-electron chi connectivity index (χ4n) is 12.6. The van der Waals surface area contributed by atoms with E-state index < -0.39 is 21.2 Å². The zero-order valence-electron chi connectivity index (χ0n) is 28.9. The Morgan fingerprint density at radius 1 is 0.490 bits per heavy atom. The molecule has 0 aromatic rings. The van der Waals surface area contributed by atoms with Crippen LogP contribution >= 0.6 is 0 Å². The van der Waals surface area contributed by atoms with E-state index in [9.17, 15) is 13.2 Å². The molecule has 0 amide bonds. The van der Waals surface area contributed by atoms with Gasteiger partial charge in [0.05, 0.1) is 61.0 Å². The average molecular weight is 704 g/mol. The molecule has 49 heavy (non-hydrogen) atoms. The SMILES string of the molecule is O=C(O)CCNS(=O)(=O)C1CCC2C3NC4NC(NC5NC(NC6NC(NC(N3)C2C1)C1CCCCC61)C1CCCCC51)C1CCCCC41. The Kier molecular flexibility index (Phi) is 9.54. The van der Waals surface area contributed by atoms with Gasteiger partial charge in [0, 0.05) is 6.54 Å². The lowest BCUT2D eigenvalue weighted by atomic mass is 9.76. The third kappa shape index (κ3) is 6.41. The summed E-state index contributed by atoms with van der Waals surface area (Å²) in [6.45, 7) is -0.0563. The van der Waals surface area contributed by atoms with Crippen molar-refractivity contribution in [3.63, 3.8) is 0 Å². The summed E-state index contributed by atoms with van der Waals surface area (Å²) in [5.74, 6) is 3.04. The van der Waals surface area contributed by atoms with E-state index in [0.717, 1.165) is 6.42 Å². The van der Waals surface area contributed by atoms with E-state index in [4.69, 9.17) is 5.11 Å². The van der Waals surface area contributed by atoms with Gasteiger partial charge in [0.25, 0.3) is 0 Å². The van der Waals surface area contributed by atoms with Crippen LogP contribution in [-0.2, 0) is 14.8 Å². The maximum absolute atomic E-state index is 13.5. The van der Waals surface area contributed by atoms with Crippen LogP contribution in [-0.4, -0.2) is 80.6 Å². The Bertz CT molecular complexity index is 1320. The van der Waals surface area contributed by atoms with E-state index in [2.05, 4.69) is 47.3 Å². The second-order valence-corrected chi connectivity index (χ2v) is 19.4. The molecule has 0 spiro atoms. The summed E-state index contributed by atoms with van der Waals surface area (Å²) in [6, 6.07) is 0. The molecule has 276 valence electrons. The molecule has 0 radical (unpaired) electrons. The molecule has 13 nitrogen and oxygen atoms in total. The predicted octanol–water partition coefficient (Wildman–Crippen LogP) is 0.978. The first kappa shape index (κ1) is 33.9. The first-order chi connectivity index (χ1) is 23.8. The summed E-state index contributed by atoms with van der Waals surface area (Å²) in [4.78, 5) is 11.1. The number of carboxylic acids is 1. The first-order valence-corrected chi connectivity index (χ1v) is 21.7. The van der Waals surface area contributed by atoms with Gasteiger partial charge in [0.2, 0.25) is 10.0 Å². The number of carbonyl (C=O) groups is 1. The Morgan fingerprint density at radius 3 is 1.12 bits per heavy atom. The van der Waals surface area contributed by atoms with Gasteiger partial charge in [0.15, 0.2) is 0 Å². The van der Waals surface area contributed by atoms with E-state index in [1.807, 2.05) is 0 Å². The maximum Gasteiger partial charge on any atom is 0.304 e. The highest BCUT2D eigenvalue weighted by Gasteiger charge is 2.55. The molecule has 17 atom stereocenters. The van der Waals surface area contributed by atoms with Gasteiger partial charge in [-0.3, -0.25) is 47.3 Å². The number of fused-ring (bicyclic) bond motifs is 20. The molecular weight excluding hydrogens is 643 g/mol. The minimum absolute atomic E-state index is 0.0135. The monoisotopic (exact) mass is 703 g/mol.